The summed E-state index contributed by atoms with van der Waals surface area (Å²) < 4.78 is 20.7. The fourth-order valence-electron chi connectivity index (χ4n) is 3.08. The summed E-state index contributed by atoms with van der Waals surface area (Å²) in [7, 11) is 0. The van der Waals surface area contributed by atoms with Crippen molar-refractivity contribution in [1.82, 2.24) is 0 Å². The van der Waals surface area contributed by atoms with Crippen molar-refractivity contribution >= 4 is 16.7 Å². The maximum absolute atomic E-state index is 15.0. The first-order valence-electron chi connectivity index (χ1n) is 7.23. The zero-order chi connectivity index (χ0) is 14.4. The van der Waals surface area contributed by atoms with Crippen LogP contribution >= 0.6 is 0 Å². The first kappa shape index (κ1) is 12.5. The summed E-state index contributed by atoms with van der Waals surface area (Å²) in [5.41, 5.74) is 4.59. The SMILES string of the molecule is Cc1cccc2cc(C(F)c3cccc4c3NCC4)oc12. The van der Waals surface area contributed by atoms with Crippen LogP contribution in [0.1, 0.15) is 28.6 Å². The number of rotatable bonds is 2. The molecular weight excluding hydrogens is 265 g/mol. The molecule has 106 valence electrons. The number of para-hydroxylation sites is 2. The molecule has 4 rings (SSSR count). The number of fused-ring (bicyclic) bond motifs is 2. The molecule has 3 aromatic rings. The van der Waals surface area contributed by atoms with E-state index in [0.29, 0.717) is 11.3 Å². The molecular formula is C18H16FNO. The van der Waals surface area contributed by atoms with E-state index in [1.54, 1.807) is 6.07 Å². The Kier molecular flexibility index (Phi) is 2.74. The van der Waals surface area contributed by atoms with Gasteiger partial charge in [0.25, 0.3) is 0 Å². The van der Waals surface area contributed by atoms with Crippen LogP contribution in [0.4, 0.5) is 10.1 Å². The van der Waals surface area contributed by atoms with Gasteiger partial charge in [0.2, 0.25) is 0 Å². The van der Waals surface area contributed by atoms with Gasteiger partial charge in [0.1, 0.15) is 11.3 Å². The molecule has 1 aromatic heterocycles. The van der Waals surface area contributed by atoms with Gasteiger partial charge in [-0.05, 0) is 30.5 Å². The van der Waals surface area contributed by atoms with Gasteiger partial charge in [-0.25, -0.2) is 4.39 Å². The zero-order valence-corrected chi connectivity index (χ0v) is 11.8. The minimum absolute atomic E-state index is 0.376. The molecule has 0 amide bonds. The van der Waals surface area contributed by atoms with Crippen LogP contribution in [0.15, 0.2) is 46.9 Å². The van der Waals surface area contributed by atoms with Crippen LogP contribution < -0.4 is 5.32 Å². The van der Waals surface area contributed by atoms with E-state index in [4.69, 9.17) is 4.42 Å². The summed E-state index contributed by atoms with van der Waals surface area (Å²) in [6.07, 6.45) is -0.285. The maximum atomic E-state index is 15.0. The fraction of sp³-hybridized carbons (Fsp3) is 0.222. The van der Waals surface area contributed by atoms with E-state index in [1.165, 1.54) is 5.56 Å². The lowest BCUT2D eigenvalue weighted by atomic mass is 10.0. The molecule has 2 nitrogen and oxygen atoms in total. The van der Waals surface area contributed by atoms with Gasteiger partial charge in [0, 0.05) is 23.2 Å². The normalized spacial score (nSPS) is 15.0. The van der Waals surface area contributed by atoms with E-state index < -0.39 is 6.17 Å². The summed E-state index contributed by atoms with van der Waals surface area (Å²) in [5.74, 6) is 0.376. The number of benzene rings is 2. The highest BCUT2D eigenvalue weighted by atomic mass is 19.1. The Morgan fingerprint density at radius 1 is 1.19 bits per heavy atom. The van der Waals surface area contributed by atoms with Crippen molar-refractivity contribution in [1.29, 1.82) is 0 Å². The summed E-state index contributed by atoms with van der Waals surface area (Å²) in [6, 6.07) is 13.5. The van der Waals surface area contributed by atoms with Crippen LogP contribution in [0.25, 0.3) is 11.0 Å². The average molecular weight is 281 g/mol. The van der Waals surface area contributed by atoms with E-state index in [1.807, 2.05) is 43.3 Å². The first-order chi connectivity index (χ1) is 10.2. The second-order valence-corrected chi connectivity index (χ2v) is 5.56. The van der Waals surface area contributed by atoms with Crippen LogP contribution in [0.2, 0.25) is 0 Å². The number of alkyl halides is 1. The molecule has 1 atom stereocenters. The lowest BCUT2D eigenvalue weighted by Crippen LogP contribution is -1.99. The summed E-state index contributed by atoms with van der Waals surface area (Å²) >= 11 is 0. The number of nitrogens with one attached hydrogen (secondary N) is 1. The number of aryl methyl sites for hydroxylation is 1. The van der Waals surface area contributed by atoms with Gasteiger partial charge in [-0.1, -0.05) is 36.4 Å². The van der Waals surface area contributed by atoms with Crippen LogP contribution in [-0.2, 0) is 6.42 Å². The molecule has 2 aromatic carbocycles. The van der Waals surface area contributed by atoms with Crippen molar-refractivity contribution in [2.45, 2.75) is 19.5 Å². The fourth-order valence-corrected chi connectivity index (χ4v) is 3.08. The van der Waals surface area contributed by atoms with Crippen molar-refractivity contribution in [3.63, 3.8) is 0 Å². The molecule has 2 heterocycles. The topological polar surface area (TPSA) is 25.2 Å². The van der Waals surface area contributed by atoms with Gasteiger partial charge in [-0.15, -0.1) is 0 Å². The Labute approximate surface area is 122 Å². The zero-order valence-electron chi connectivity index (χ0n) is 11.8. The third kappa shape index (κ3) is 1.92. The largest absolute Gasteiger partial charge is 0.457 e. The molecule has 1 aliphatic rings. The van der Waals surface area contributed by atoms with Gasteiger partial charge >= 0.3 is 0 Å². The van der Waals surface area contributed by atoms with Crippen molar-refractivity contribution in [3.05, 3.63) is 64.9 Å². The number of hydrogen-bond donors (Lipinski definition) is 1. The van der Waals surface area contributed by atoms with Gasteiger partial charge in [0.15, 0.2) is 6.17 Å². The highest BCUT2D eigenvalue weighted by Crippen LogP contribution is 2.38. The lowest BCUT2D eigenvalue weighted by molar-refractivity contribution is 0.341. The molecule has 0 saturated heterocycles. The number of hydrogen-bond acceptors (Lipinski definition) is 2. The molecule has 1 unspecified atom stereocenters. The van der Waals surface area contributed by atoms with E-state index in [2.05, 4.69) is 5.32 Å². The highest BCUT2D eigenvalue weighted by Gasteiger charge is 2.24. The van der Waals surface area contributed by atoms with Crippen molar-refractivity contribution < 1.29 is 8.81 Å². The summed E-state index contributed by atoms with van der Waals surface area (Å²) in [5, 5.41) is 4.23. The van der Waals surface area contributed by atoms with Crippen LogP contribution in [0, 0.1) is 6.92 Å². The summed E-state index contributed by atoms with van der Waals surface area (Å²) in [6.45, 7) is 2.85. The Balaban J connectivity index is 1.82. The van der Waals surface area contributed by atoms with Crippen molar-refractivity contribution in [2.75, 3.05) is 11.9 Å². The number of halogens is 1. The van der Waals surface area contributed by atoms with E-state index in [0.717, 1.165) is 35.2 Å². The molecule has 0 spiro atoms. The molecule has 3 heteroatoms. The number of furan rings is 1. The maximum Gasteiger partial charge on any atom is 0.185 e. The third-order valence-corrected chi connectivity index (χ3v) is 4.16. The predicted molar refractivity (Wildman–Crippen MR) is 82.5 cm³/mol. The third-order valence-electron chi connectivity index (χ3n) is 4.16. The van der Waals surface area contributed by atoms with Gasteiger partial charge in [-0.3, -0.25) is 0 Å². The molecule has 21 heavy (non-hydrogen) atoms. The smallest absolute Gasteiger partial charge is 0.185 e. The van der Waals surface area contributed by atoms with E-state index in [9.17, 15) is 4.39 Å². The van der Waals surface area contributed by atoms with Gasteiger partial charge in [0.05, 0.1) is 0 Å². The number of anilines is 1. The quantitative estimate of drug-likeness (QED) is 0.732. The van der Waals surface area contributed by atoms with Gasteiger partial charge in [-0.2, -0.15) is 0 Å². The lowest BCUT2D eigenvalue weighted by Gasteiger charge is -2.11. The van der Waals surface area contributed by atoms with Gasteiger partial charge < -0.3 is 9.73 Å². The minimum Gasteiger partial charge on any atom is -0.457 e. The van der Waals surface area contributed by atoms with Crippen molar-refractivity contribution in [3.8, 4) is 0 Å². The predicted octanol–water partition coefficient (Wildman–Crippen LogP) is 4.77. The second kappa shape index (κ2) is 4.62. The molecule has 0 bridgehead atoms. The minimum atomic E-state index is -1.24. The second-order valence-electron chi connectivity index (χ2n) is 5.56. The standard InChI is InChI=1S/C18H16FNO/c1-11-4-2-6-13-10-15(21-18(11)13)16(19)14-7-3-5-12-8-9-20-17(12)14/h2-7,10,16,20H,8-9H2,1H3. The summed E-state index contributed by atoms with van der Waals surface area (Å²) in [4.78, 5) is 0. The average Bonchev–Trinajstić information content (AvgIpc) is 3.13. The Hall–Kier alpha value is -2.29. The Bertz CT molecular complexity index is 821. The molecule has 1 aliphatic heterocycles. The Morgan fingerprint density at radius 2 is 2.05 bits per heavy atom. The van der Waals surface area contributed by atoms with E-state index >= 15 is 0 Å². The molecule has 0 fully saturated rings. The first-order valence-corrected chi connectivity index (χ1v) is 7.23. The highest BCUT2D eigenvalue weighted by molar-refractivity contribution is 5.81. The molecule has 1 N–H and O–H groups in total. The van der Waals surface area contributed by atoms with E-state index in [-0.39, 0.29) is 0 Å². The van der Waals surface area contributed by atoms with Crippen LogP contribution in [0.5, 0.6) is 0 Å². The molecule has 0 aliphatic carbocycles. The van der Waals surface area contributed by atoms with Crippen molar-refractivity contribution in [2.24, 2.45) is 0 Å². The van der Waals surface area contributed by atoms with Crippen LogP contribution in [0.3, 0.4) is 0 Å². The van der Waals surface area contributed by atoms with Crippen LogP contribution in [-0.4, -0.2) is 6.54 Å². The molecule has 0 radical (unpaired) electrons. The molecule has 0 saturated carbocycles. The Morgan fingerprint density at radius 3 is 2.90 bits per heavy atom. The monoisotopic (exact) mass is 281 g/mol.